The first-order valence-corrected chi connectivity index (χ1v) is 7.09. The molecule has 0 aromatic heterocycles. The highest BCUT2D eigenvalue weighted by Crippen LogP contribution is 2.16. The minimum absolute atomic E-state index is 0.855. The zero-order valence-electron chi connectivity index (χ0n) is 12.8. The molecule has 0 aliphatic heterocycles. The Kier molecular flexibility index (Phi) is 6.12. The van der Waals surface area contributed by atoms with Crippen molar-refractivity contribution < 1.29 is 4.48 Å². The van der Waals surface area contributed by atoms with Gasteiger partial charge in [0.25, 0.3) is 0 Å². The highest BCUT2D eigenvalue weighted by Gasteiger charge is 2.17. The van der Waals surface area contributed by atoms with Gasteiger partial charge in [0.1, 0.15) is 0 Å². The first-order chi connectivity index (χ1) is 9.00. The fourth-order valence-electron chi connectivity index (χ4n) is 2.07. The van der Waals surface area contributed by atoms with Crippen molar-refractivity contribution in [3.05, 3.63) is 23.8 Å². The largest absolute Gasteiger partial charge is 0.399 e. The highest BCUT2D eigenvalue weighted by atomic mass is 15.3. The number of aryl methyl sites for hydroxylation is 1. The van der Waals surface area contributed by atoms with Gasteiger partial charge in [-0.25, -0.2) is 0 Å². The molecule has 0 amide bonds. The van der Waals surface area contributed by atoms with Crippen molar-refractivity contribution in [2.24, 2.45) is 0 Å². The highest BCUT2D eigenvalue weighted by molar-refractivity contribution is 5.56. The Balaban J connectivity index is 2.45. The molecule has 1 aromatic carbocycles. The van der Waals surface area contributed by atoms with Gasteiger partial charge in [0.15, 0.2) is 0 Å². The van der Waals surface area contributed by atoms with Gasteiger partial charge in [0, 0.05) is 17.9 Å². The first-order valence-electron chi connectivity index (χ1n) is 7.09. The van der Waals surface area contributed by atoms with Crippen LogP contribution >= 0.6 is 0 Å². The van der Waals surface area contributed by atoms with Gasteiger partial charge in [0.2, 0.25) is 0 Å². The van der Waals surface area contributed by atoms with E-state index in [2.05, 4.69) is 30.7 Å². The molecule has 0 radical (unpaired) electrons. The maximum atomic E-state index is 5.83. The number of hydrogen-bond donors (Lipinski definition) is 3. The molecule has 0 aliphatic carbocycles. The van der Waals surface area contributed by atoms with Crippen molar-refractivity contribution in [2.75, 3.05) is 57.9 Å². The summed E-state index contributed by atoms with van der Waals surface area (Å²) in [4.78, 5) is 0. The monoisotopic (exact) mass is 265 g/mol. The van der Waals surface area contributed by atoms with E-state index in [1.165, 1.54) is 0 Å². The van der Waals surface area contributed by atoms with E-state index in [1.807, 2.05) is 26.1 Å². The second kappa shape index (κ2) is 7.36. The zero-order chi connectivity index (χ0) is 14.3. The number of nitrogens with zero attached hydrogens (tertiary/aromatic N) is 1. The van der Waals surface area contributed by atoms with Crippen LogP contribution in [0.3, 0.4) is 0 Å². The van der Waals surface area contributed by atoms with Crippen molar-refractivity contribution in [2.45, 2.75) is 13.8 Å². The summed E-state index contributed by atoms with van der Waals surface area (Å²) in [5.74, 6) is 0. The Morgan fingerprint density at radius 3 is 2.47 bits per heavy atom. The van der Waals surface area contributed by atoms with E-state index in [-0.39, 0.29) is 0 Å². The molecule has 108 valence electrons. The molecule has 1 rings (SSSR count). The van der Waals surface area contributed by atoms with E-state index in [0.717, 1.165) is 54.1 Å². The summed E-state index contributed by atoms with van der Waals surface area (Å²) in [6.45, 7) is 9.78. The summed E-state index contributed by atoms with van der Waals surface area (Å²) in [7, 11) is 4.32. The van der Waals surface area contributed by atoms with Crippen molar-refractivity contribution in [1.29, 1.82) is 0 Å². The van der Waals surface area contributed by atoms with Crippen LogP contribution < -0.4 is 16.4 Å². The number of hydrogen-bond acceptors (Lipinski definition) is 3. The number of likely N-dealkylation sites (N-methyl/N-ethyl adjacent to an activating group) is 2. The fraction of sp³-hybridized carbons (Fsp3) is 0.600. The molecular weight excluding hydrogens is 236 g/mol. The maximum Gasteiger partial charge on any atom is 0.0960 e. The minimum Gasteiger partial charge on any atom is -0.399 e. The molecule has 0 bridgehead atoms. The van der Waals surface area contributed by atoms with E-state index < -0.39 is 0 Å². The Labute approximate surface area is 117 Å². The smallest absolute Gasteiger partial charge is 0.0960 e. The molecule has 1 aromatic rings. The van der Waals surface area contributed by atoms with Crippen LogP contribution in [0.25, 0.3) is 0 Å². The van der Waals surface area contributed by atoms with Crippen LogP contribution in [-0.4, -0.2) is 51.3 Å². The van der Waals surface area contributed by atoms with Crippen molar-refractivity contribution in [3.63, 3.8) is 0 Å². The molecule has 0 spiro atoms. The van der Waals surface area contributed by atoms with Crippen LogP contribution in [0.4, 0.5) is 11.4 Å². The summed E-state index contributed by atoms with van der Waals surface area (Å²) < 4.78 is 1.09. The molecule has 1 atom stereocenters. The average molecular weight is 265 g/mol. The summed E-state index contributed by atoms with van der Waals surface area (Å²) in [6, 6.07) is 6.12. The quantitative estimate of drug-likeness (QED) is 0.495. The van der Waals surface area contributed by atoms with E-state index >= 15 is 0 Å². The first kappa shape index (κ1) is 15.8. The van der Waals surface area contributed by atoms with E-state index in [4.69, 9.17) is 5.73 Å². The molecule has 4 nitrogen and oxygen atoms in total. The van der Waals surface area contributed by atoms with Crippen LogP contribution in [-0.2, 0) is 0 Å². The van der Waals surface area contributed by atoms with Crippen molar-refractivity contribution in [3.8, 4) is 0 Å². The lowest BCUT2D eigenvalue weighted by Crippen LogP contribution is -2.50. The lowest BCUT2D eigenvalue weighted by Gasteiger charge is -2.33. The normalized spacial score (nSPS) is 14.1. The van der Waals surface area contributed by atoms with Crippen LogP contribution in [0, 0.1) is 6.92 Å². The Morgan fingerprint density at radius 2 is 1.89 bits per heavy atom. The summed E-state index contributed by atoms with van der Waals surface area (Å²) >= 11 is 0. The second-order valence-corrected chi connectivity index (χ2v) is 5.48. The van der Waals surface area contributed by atoms with Crippen molar-refractivity contribution >= 4 is 11.4 Å². The lowest BCUT2D eigenvalue weighted by atomic mass is 10.2. The Bertz CT molecular complexity index is 392. The van der Waals surface area contributed by atoms with Gasteiger partial charge >= 0.3 is 0 Å². The molecule has 4 N–H and O–H groups in total. The fourth-order valence-corrected chi connectivity index (χ4v) is 2.07. The number of nitrogens with one attached hydrogen (secondary N) is 2. The predicted molar refractivity (Wildman–Crippen MR) is 84.5 cm³/mol. The van der Waals surface area contributed by atoms with Crippen molar-refractivity contribution in [1.82, 2.24) is 5.32 Å². The van der Waals surface area contributed by atoms with E-state index in [0.29, 0.717) is 0 Å². The van der Waals surface area contributed by atoms with Crippen LogP contribution in [0.1, 0.15) is 12.5 Å². The number of benzene rings is 1. The molecule has 0 fully saturated rings. The standard InChI is InChI=1S/C15H29N4/c1-5-19(4,10-8-17-3)11-9-18-14-6-7-15(16)13(2)12-14/h6-7,12,17-18H,5,8-11,16H2,1-4H3/q+1. The minimum atomic E-state index is 0.855. The van der Waals surface area contributed by atoms with E-state index in [1.54, 1.807) is 0 Å². The van der Waals surface area contributed by atoms with Gasteiger partial charge in [-0.2, -0.15) is 0 Å². The molecule has 0 heterocycles. The van der Waals surface area contributed by atoms with Gasteiger partial charge in [0.05, 0.1) is 33.2 Å². The van der Waals surface area contributed by atoms with Gasteiger partial charge in [-0.05, 0) is 44.7 Å². The van der Waals surface area contributed by atoms with Gasteiger partial charge in [-0.15, -0.1) is 0 Å². The van der Waals surface area contributed by atoms with Crippen LogP contribution in [0.15, 0.2) is 18.2 Å². The molecular formula is C15H29N4+. The Hall–Kier alpha value is -1.26. The van der Waals surface area contributed by atoms with Crippen LogP contribution in [0.2, 0.25) is 0 Å². The van der Waals surface area contributed by atoms with E-state index in [9.17, 15) is 0 Å². The zero-order valence-corrected chi connectivity index (χ0v) is 12.8. The third-order valence-electron chi connectivity index (χ3n) is 3.92. The average Bonchev–Trinajstić information content (AvgIpc) is 2.40. The molecule has 19 heavy (non-hydrogen) atoms. The summed E-state index contributed by atoms with van der Waals surface area (Å²) in [5, 5.41) is 6.72. The molecule has 1 unspecified atom stereocenters. The summed E-state index contributed by atoms with van der Waals surface area (Å²) in [5.41, 5.74) is 8.97. The maximum absolute atomic E-state index is 5.83. The lowest BCUT2D eigenvalue weighted by molar-refractivity contribution is -0.905. The number of nitrogens with two attached hydrogens (primary N) is 1. The Morgan fingerprint density at radius 1 is 1.21 bits per heavy atom. The molecule has 0 aliphatic rings. The number of anilines is 2. The molecule has 0 saturated heterocycles. The SMILES string of the molecule is CC[N+](C)(CCNC)CCNc1ccc(N)c(C)c1. The molecule has 0 saturated carbocycles. The second-order valence-electron chi connectivity index (χ2n) is 5.48. The topological polar surface area (TPSA) is 50.1 Å². The number of nitrogen functional groups attached to an aromatic ring is 1. The third-order valence-corrected chi connectivity index (χ3v) is 3.92. The van der Waals surface area contributed by atoms with Gasteiger partial charge in [-0.3, -0.25) is 0 Å². The van der Waals surface area contributed by atoms with Gasteiger partial charge in [-0.1, -0.05) is 0 Å². The van der Waals surface area contributed by atoms with Gasteiger partial charge < -0.3 is 20.9 Å². The number of quaternary nitrogens is 1. The third kappa shape index (κ3) is 5.09. The predicted octanol–water partition coefficient (Wildman–Crippen LogP) is 1.68. The molecule has 4 heteroatoms. The van der Waals surface area contributed by atoms with Crippen LogP contribution in [0.5, 0.6) is 0 Å². The number of rotatable bonds is 8. The summed E-state index contributed by atoms with van der Waals surface area (Å²) in [6.07, 6.45) is 0.